The average molecular weight is 203 g/mol. The van der Waals surface area contributed by atoms with Crippen LogP contribution in [0.4, 0.5) is 0 Å². The van der Waals surface area contributed by atoms with E-state index in [4.69, 9.17) is 0 Å². The van der Waals surface area contributed by atoms with Crippen molar-refractivity contribution >= 4 is 0 Å². The minimum absolute atomic E-state index is 0.714. The van der Waals surface area contributed by atoms with E-state index in [9.17, 15) is 0 Å². The number of aryl methyl sites for hydroxylation is 1. The van der Waals surface area contributed by atoms with Crippen LogP contribution in [0, 0.1) is 18.8 Å². The molecule has 1 nitrogen and oxygen atoms in total. The highest BCUT2D eigenvalue weighted by Gasteiger charge is 2.30. The molecule has 1 aliphatic heterocycles. The molecule has 1 aromatic rings. The second-order valence-electron chi connectivity index (χ2n) is 5.08. The van der Waals surface area contributed by atoms with E-state index in [1.54, 1.807) is 0 Å². The van der Waals surface area contributed by atoms with Crippen LogP contribution in [0.15, 0.2) is 24.3 Å². The van der Waals surface area contributed by atoms with Gasteiger partial charge in [0.25, 0.3) is 0 Å². The summed E-state index contributed by atoms with van der Waals surface area (Å²) in [6, 6.07) is 9.04. The summed E-state index contributed by atoms with van der Waals surface area (Å²) in [5.74, 6) is 2.28. The first-order valence-electron chi connectivity index (χ1n) is 5.96. The van der Waals surface area contributed by atoms with Crippen LogP contribution in [-0.2, 0) is 0 Å². The Morgan fingerprint density at radius 3 is 2.40 bits per heavy atom. The Morgan fingerprint density at radius 2 is 1.80 bits per heavy atom. The van der Waals surface area contributed by atoms with Crippen LogP contribution in [0.5, 0.6) is 0 Å². The molecule has 0 aliphatic carbocycles. The van der Waals surface area contributed by atoms with E-state index in [-0.39, 0.29) is 0 Å². The molecule has 2 atom stereocenters. The highest BCUT2D eigenvalue weighted by molar-refractivity contribution is 5.26. The molecule has 1 N–H and O–H groups in total. The van der Waals surface area contributed by atoms with E-state index >= 15 is 0 Å². The summed E-state index contributed by atoms with van der Waals surface area (Å²) in [4.78, 5) is 0. The monoisotopic (exact) mass is 203 g/mol. The van der Waals surface area contributed by atoms with Gasteiger partial charge in [0.1, 0.15) is 0 Å². The topological polar surface area (TPSA) is 12.0 Å². The summed E-state index contributed by atoms with van der Waals surface area (Å²) in [5.41, 5.74) is 2.86. The van der Waals surface area contributed by atoms with Gasteiger partial charge in [-0.2, -0.15) is 0 Å². The van der Waals surface area contributed by atoms with Crippen LogP contribution in [-0.4, -0.2) is 13.1 Å². The van der Waals surface area contributed by atoms with E-state index in [1.165, 1.54) is 17.7 Å². The summed E-state index contributed by atoms with van der Waals surface area (Å²) >= 11 is 0. The molecular weight excluding hydrogens is 182 g/mol. The third kappa shape index (κ3) is 2.23. The Bertz CT molecular complexity index is 313. The molecule has 2 rings (SSSR count). The number of hydrogen-bond donors (Lipinski definition) is 1. The summed E-state index contributed by atoms with van der Waals surface area (Å²) in [6.07, 6.45) is 0. The Hall–Kier alpha value is -0.820. The molecule has 0 radical (unpaired) electrons. The second kappa shape index (κ2) is 4.36. The maximum atomic E-state index is 3.52. The van der Waals surface area contributed by atoms with E-state index < -0.39 is 0 Å². The number of hydrogen-bond acceptors (Lipinski definition) is 1. The fraction of sp³-hybridized carbons (Fsp3) is 0.571. The van der Waals surface area contributed by atoms with Crippen LogP contribution in [0.1, 0.15) is 30.9 Å². The maximum Gasteiger partial charge on any atom is 0.00235 e. The van der Waals surface area contributed by atoms with Gasteiger partial charge < -0.3 is 5.32 Å². The van der Waals surface area contributed by atoms with Gasteiger partial charge in [-0.15, -0.1) is 0 Å². The van der Waals surface area contributed by atoms with E-state index in [0.717, 1.165) is 18.4 Å². The fourth-order valence-electron chi connectivity index (χ4n) is 2.58. The highest BCUT2D eigenvalue weighted by Crippen LogP contribution is 2.33. The van der Waals surface area contributed by atoms with Gasteiger partial charge in [0.05, 0.1) is 0 Å². The van der Waals surface area contributed by atoms with Gasteiger partial charge in [-0.3, -0.25) is 0 Å². The molecule has 1 saturated heterocycles. The fourth-order valence-corrected chi connectivity index (χ4v) is 2.58. The van der Waals surface area contributed by atoms with Gasteiger partial charge in [0.2, 0.25) is 0 Å². The second-order valence-corrected chi connectivity index (χ2v) is 5.08. The number of nitrogens with one attached hydrogen (secondary N) is 1. The van der Waals surface area contributed by atoms with Crippen LogP contribution in [0.2, 0.25) is 0 Å². The summed E-state index contributed by atoms with van der Waals surface area (Å²) in [7, 11) is 0. The van der Waals surface area contributed by atoms with E-state index in [2.05, 4.69) is 50.4 Å². The third-order valence-electron chi connectivity index (χ3n) is 3.62. The lowest BCUT2D eigenvalue weighted by atomic mass is 9.82. The summed E-state index contributed by atoms with van der Waals surface area (Å²) < 4.78 is 0. The van der Waals surface area contributed by atoms with Gasteiger partial charge in [0, 0.05) is 12.5 Å². The summed E-state index contributed by atoms with van der Waals surface area (Å²) in [5, 5.41) is 3.52. The molecule has 0 unspecified atom stereocenters. The summed E-state index contributed by atoms with van der Waals surface area (Å²) in [6.45, 7) is 9.14. The molecular formula is C14H21N. The minimum atomic E-state index is 0.714. The van der Waals surface area contributed by atoms with Crippen molar-refractivity contribution in [1.82, 2.24) is 5.32 Å². The molecule has 1 heterocycles. The van der Waals surface area contributed by atoms with Crippen molar-refractivity contribution in [2.45, 2.75) is 26.7 Å². The molecule has 15 heavy (non-hydrogen) atoms. The van der Waals surface area contributed by atoms with Gasteiger partial charge in [0.15, 0.2) is 0 Å². The number of rotatable bonds is 2. The molecule has 82 valence electrons. The zero-order valence-electron chi connectivity index (χ0n) is 9.96. The molecule has 1 heteroatoms. The van der Waals surface area contributed by atoms with E-state index in [1.807, 2.05) is 0 Å². The first-order chi connectivity index (χ1) is 7.18. The molecule has 0 amide bonds. The molecule has 1 aliphatic rings. The quantitative estimate of drug-likeness (QED) is 0.779. The van der Waals surface area contributed by atoms with Crippen LogP contribution in [0.3, 0.4) is 0 Å². The van der Waals surface area contributed by atoms with Crippen molar-refractivity contribution in [3.05, 3.63) is 35.4 Å². The lowest BCUT2D eigenvalue weighted by molar-refractivity contribution is 0.381. The Kier molecular flexibility index (Phi) is 3.11. The molecule has 0 saturated carbocycles. The van der Waals surface area contributed by atoms with Crippen molar-refractivity contribution in [1.29, 1.82) is 0 Å². The standard InChI is InChI=1S/C14H21N/c1-10(2)13-8-15-9-14(13)12-6-4-11(3)5-7-12/h4-7,10,13-15H,8-9H2,1-3H3/t13-,14-/m0/s1. The van der Waals surface area contributed by atoms with Gasteiger partial charge in [-0.25, -0.2) is 0 Å². The minimum Gasteiger partial charge on any atom is -0.316 e. The Morgan fingerprint density at radius 1 is 1.13 bits per heavy atom. The van der Waals surface area contributed by atoms with Crippen molar-refractivity contribution in [3.63, 3.8) is 0 Å². The van der Waals surface area contributed by atoms with Gasteiger partial charge in [-0.1, -0.05) is 43.7 Å². The van der Waals surface area contributed by atoms with E-state index in [0.29, 0.717) is 5.92 Å². The van der Waals surface area contributed by atoms with Crippen molar-refractivity contribution in [3.8, 4) is 0 Å². The predicted molar refractivity (Wildman–Crippen MR) is 65.1 cm³/mol. The third-order valence-corrected chi connectivity index (χ3v) is 3.62. The zero-order chi connectivity index (χ0) is 10.8. The highest BCUT2D eigenvalue weighted by atomic mass is 14.9. The maximum absolute atomic E-state index is 3.52. The van der Waals surface area contributed by atoms with Gasteiger partial charge >= 0.3 is 0 Å². The van der Waals surface area contributed by atoms with Crippen LogP contribution >= 0.6 is 0 Å². The molecule has 1 aromatic carbocycles. The Labute approximate surface area is 92.9 Å². The lowest BCUT2D eigenvalue weighted by Gasteiger charge is -2.22. The first kappa shape index (κ1) is 10.7. The van der Waals surface area contributed by atoms with Crippen molar-refractivity contribution in [2.75, 3.05) is 13.1 Å². The molecule has 1 fully saturated rings. The first-order valence-corrected chi connectivity index (χ1v) is 5.96. The van der Waals surface area contributed by atoms with Crippen LogP contribution in [0.25, 0.3) is 0 Å². The molecule has 0 bridgehead atoms. The Balaban J connectivity index is 2.19. The largest absolute Gasteiger partial charge is 0.316 e. The predicted octanol–water partition coefficient (Wildman–Crippen LogP) is 2.95. The number of benzene rings is 1. The van der Waals surface area contributed by atoms with Crippen molar-refractivity contribution < 1.29 is 0 Å². The van der Waals surface area contributed by atoms with Gasteiger partial charge in [-0.05, 0) is 30.9 Å². The lowest BCUT2D eigenvalue weighted by Crippen LogP contribution is -2.17. The molecule has 0 aromatic heterocycles. The smallest absolute Gasteiger partial charge is 0.00235 e. The zero-order valence-corrected chi connectivity index (χ0v) is 9.96. The average Bonchev–Trinajstić information content (AvgIpc) is 2.67. The molecule has 0 spiro atoms. The SMILES string of the molecule is Cc1ccc([C@@H]2CNC[C@H]2C(C)C)cc1. The normalized spacial score (nSPS) is 26.1. The van der Waals surface area contributed by atoms with Crippen LogP contribution < -0.4 is 5.32 Å². The van der Waals surface area contributed by atoms with Crippen molar-refractivity contribution in [2.24, 2.45) is 11.8 Å².